The first-order valence-corrected chi connectivity index (χ1v) is 5.99. The molecule has 6 heteroatoms. The lowest BCUT2D eigenvalue weighted by Crippen LogP contribution is -1.88. The maximum Gasteiger partial charge on any atom is 0.104 e. The topological polar surface area (TPSA) is 74.5 Å². The Bertz CT molecular complexity index is 808. The summed E-state index contributed by atoms with van der Waals surface area (Å²) in [7, 11) is 0. The second kappa shape index (κ2) is 4.25. The zero-order chi connectivity index (χ0) is 12.5. The van der Waals surface area contributed by atoms with Crippen molar-refractivity contribution in [2.24, 2.45) is 5.11 Å². The first-order chi connectivity index (χ1) is 8.79. The Balaban J connectivity index is 2.51. The standard InChI is InChI=1S/C12H6BrN5/c13-7-5-6-10(17-18-14)12-11(7)15-8-3-1-2-4-9(8)16-12/h1-6H. The van der Waals surface area contributed by atoms with Gasteiger partial charge >= 0.3 is 0 Å². The molecule has 0 amide bonds. The third kappa shape index (κ3) is 1.68. The van der Waals surface area contributed by atoms with Gasteiger partial charge in [0.1, 0.15) is 11.0 Å². The van der Waals surface area contributed by atoms with Crippen molar-refractivity contribution < 1.29 is 0 Å². The molecule has 0 unspecified atom stereocenters. The molecule has 0 saturated carbocycles. The fraction of sp³-hybridized carbons (Fsp3) is 0. The first kappa shape index (κ1) is 11.0. The van der Waals surface area contributed by atoms with E-state index in [0.717, 1.165) is 15.5 Å². The number of benzene rings is 2. The smallest absolute Gasteiger partial charge is 0.104 e. The lowest BCUT2D eigenvalue weighted by Gasteiger charge is -2.04. The molecular weight excluding hydrogens is 294 g/mol. The lowest BCUT2D eigenvalue weighted by atomic mass is 10.2. The highest BCUT2D eigenvalue weighted by Crippen LogP contribution is 2.30. The Kier molecular flexibility index (Phi) is 2.59. The second-order valence-electron chi connectivity index (χ2n) is 3.67. The molecule has 18 heavy (non-hydrogen) atoms. The number of fused-ring (bicyclic) bond motifs is 2. The van der Waals surface area contributed by atoms with Gasteiger partial charge in [-0.2, -0.15) is 0 Å². The van der Waals surface area contributed by atoms with Gasteiger partial charge in [0.2, 0.25) is 0 Å². The van der Waals surface area contributed by atoms with Gasteiger partial charge in [-0.1, -0.05) is 17.2 Å². The second-order valence-corrected chi connectivity index (χ2v) is 4.52. The van der Waals surface area contributed by atoms with Crippen LogP contribution in [0.2, 0.25) is 0 Å². The fourth-order valence-corrected chi connectivity index (χ4v) is 2.19. The van der Waals surface area contributed by atoms with Crippen LogP contribution in [-0.4, -0.2) is 9.97 Å². The number of aromatic nitrogens is 2. The summed E-state index contributed by atoms with van der Waals surface area (Å²) >= 11 is 3.43. The van der Waals surface area contributed by atoms with Gasteiger partial charge in [-0.05, 0) is 45.7 Å². The molecule has 0 aliphatic carbocycles. The highest BCUT2D eigenvalue weighted by Gasteiger charge is 2.08. The van der Waals surface area contributed by atoms with Crippen LogP contribution in [0.5, 0.6) is 0 Å². The zero-order valence-corrected chi connectivity index (χ0v) is 10.7. The Labute approximate surface area is 110 Å². The minimum atomic E-state index is 0.481. The normalized spacial score (nSPS) is 10.5. The minimum Gasteiger partial charge on any atom is -0.244 e. The van der Waals surface area contributed by atoms with E-state index in [1.807, 2.05) is 24.3 Å². The number of rotatable bonds is 1. The molecule has 0 aliphatic heterocycles. The van der Waals surface area contributed by atoms with Gasteiger partial charge in [0.25, 0.3) is 0 Å². The van der Waals surface area contributed by atoms with Gasteiger partial charge in [-0.15, -0.1) is 0 Å². The summed E-state index contributed by atoms with van der Waals surface area (Å²) in [6, 6.07) is 11.1. The Morgan fingerprint density at radius 2 is 1.67 bits per heavy atom. The predicted octanol–water partition coefficient (Wildman–Crippen LogP) is 4.49. The van der Waals surface area contributed by atoms with E-state index < -0.39 is 0 Å². The average Bonchev–Trinajstić information content (AvgIpc) is 2.41. The van der Waals surface area contributed by atoms with E-state index in [4.69, 9.17) is 5.53 Å². The van der Waals surface area contributed by atoms with E-state index in [0.29, 0.717) is 16.7 Å². The van der Waals surface area contributed by atoms with Gasteiger partial charge < -0.3 is 0 Å². The molecule has 0 radical (unpaired) electrons. The van der Waals surface area contributed by atoms with Crippen LogP contribution in [0, 0.1) is 0 Å². The molecule has 0 spiro atoms. The molecular formula is C12H6BrN5. The van der Waals surface area contributed by atoms with E-state index in [1.165, 1.54) is 0 Å². The van der Waals surface area contributed by atoms with Gasteiger partial charge in [0.15, 0.2) is 0 Å². The summed E-state index contributed by atoms with van der Waals surface area (Å²) in [4.78, 5) is 11.8. The van der Waals surface area contributed by atoms with Crippen molar-refractivity contribution in [3.63, 3.8) is 0 Å². The molecule has 0 aliphatic rings. The van der Waals surface area contributed by atoms with Gasteiger partial charge in [0.05, 0.1) is 16.7 Å². The van der Waals surface area contributed by atoms with Crippen LogP contribution < -0.4 is 0 Å². The highest BCUT2D eigenvalue weighted by atomic mass is 79.9. The number of para-hydroxylation sites is 2. The number of azide groups is 1. The average molecular weight is 300 g/mol. The summed E-state index contributed by atoms with van der Waals surface area (Å²) in [6.07, 6.45) is 0. The van der Waals surface area contributed by atoms with Crippen molar-refractivity contribution in [3.05, 3.63) is 51.3 Å². The van der Waals surface area contributed by atoms with Crippen molar-refractivity contribution in [1.82, 2.24) is 9.97 Å². The molecule has 0 fully saturated rings. The first-order valence-electron chi connectivity index (χ1n) is 5.20. The van der Waals surface area contributed by atoms with Crippen LogP contribution in [-0.2, 0) is 0 Å². The van der Waals surface area contributed by atoms with E-state index in [1.54, 1.807) is 12.1 Å². The summed E-state index contributed by atoms with van der Waals surface area (Å²) in [5.74, 6) is 0. The third-order valence-corrected chi connectivity index (χ3v) is 3.22. The largest absolute Gasteiger partial charge is 0.244 e. The summed E-state index contributed by atoms with van der Waals surface area (Å²) < 4.78 is 0.827. The summed E-state index contributed by atoms with van der Waals surface area (Å²) in [5, 5.41) is 3.64. The number of hydrogen-bond acceptors (Lipinski definition) is 3. The molecule has 0 bridgehead atoms. The highest BCUT2D eigenvalue weighted by molar-refractivity contribution is 9.10. The van der Waals surface area contributed by atoms with Crippen LogP contribution in [0.4, 0.5) is 5.69 Å². The van der Waals surface area contributed by atoms with Crippen molar-refractivity contribution >= 4 is 43.7 Å². The van der Waals surface area contributed by atoms with Crippen LogP contribution in [0.25, 0.3) is 32.5 Å². The zero-order valence-electron chi connectivity index (χ0n) is 9.08. The molecule has 86 valence electrons. The van der Waals surface area contributed by atoms with Crippen molar-refractivity contribution in [2.75, 3.05) is 0 Å². The monoisotopic (exact) mass is 299 g/mol. The number of halogens is 1. The van der Waals surface area contributed by atoms with E-state index in [9.17, 15) is 0 Å². The molecule has 2 aromatic carbocycles. The van der Waals surface area contributed by atoms with Crippen LogP contribution in [0.1, 0.15) is 0 Å². The van der Waals surface area contributed by atoms with Crippen LogP contribution >= 0.6 is 15.9 Å². The predicted molar refractivity (Wildman–Crippen MR) is 73.6 cm³/mol. The molecule has 3 rings (SSSR count). The van der Waals surface area contributed by atoms with Gasteiger partial charge in [0, 0.05) is 9.38 Å². The van der Waals surface area contributed by atoms with E-state index in [2.05, 4.69) is 35.9 Å². The molecule has 0 N–H and O–H groups in total. The maximum atomic E-state index is 8.56. The van der Waals surface area contributed by atoms with Crippen molar-refractivity contribution in [3.8, 4) is 0 Å². The number of hydrogen-bond donors (Lipinski definition) is 0. The van der Waals surface area contributed by atoms with Crippen LogP contribution in [0.15, 0.2) is 46.0 Å². The fourth-order valence-electron chi connectivity index (χ4n) is 1.78. The molecule has 0 saturated heterocycles. The lowest BCUT2D eigenvalue weighted by molar-refractivity contribution is 1.36. The van der Waals surface area contributed by atoms with Crippen LogP contribution in [0.3, 0.4) is 0 Å². The Morgan fingerprint density at radius 1 is 1.00 bits per heavy atom. The van der Waals surface area contributed by atoms with E-state index >= 15 is 0 Å². The molecule has 0 atom stereocenters. The minimum absolute atomic E-state index is 0.481. The summed E-state index contributed by atoms with van der Waals surface area (Å²) in [5.41, 5.74) is 11.9. The maximum absolute atomic E-state index is 8.56. The Morgan fingerprint density at radius 3 is 2.33 bits per heavy atom. The summed E-state index contributed by atoms with van der Waals surface area (Å²) in [6.45, 7) is 0. The number of nitrogens with zero attached hydrogens (tertiary/aromatic N) is 5. The molecule has 3 aromatic rings. The van der Waals surface area contributed by atoms with Crippen molar-refractivity contribution in [2.45, 2.75) is 0 Å². The molecule has 1 heterocycles. The SMILES string of the molecule is [N-]=[N+]=Nc1ccc(Br)c2nc3ccccc3nc12. The van der Waals surface area contributed by atoms with Gasteiger partial charge in [-0.25, -0.2) is 9.97 Å². The van der Waals surface area contributed by atoms with E-state index in [-0.39, 0.29) is 0 Å². The molecule has 5 nitrogen and oxygen atoms in total. The van der Waals surface area contributed by atoms with Crippen molar-refractivity contribution in [1.29, 1.82) is 0 Å². The third-order valence-electron chi connectivity index (χ3n) is 2.58. The quantitative estimate of drug-likeness (QED) is 0.287. The Hall–Kier alpha value is -2.17. The molecule has 1 aromatic heterocycles. The van der Waals surface area contributed by atoms with Gasteiger partial charge in [-0.3, -0.25) is 0 Å².